The predicted molar refractivity (Wildman–Crippen MR) is 128 cm³/mol. The van der Waals surface area contributed by atoms with Gasteiger partial charge in [0.1, 0.15) is 0 Å². The maximum Gasteiger partial charge on any atom is 0.291 e. The van der Waals surface area contributed by atoms with Crippen molar-refractivity contribution in [2.24, 2.45) is 0 Å². The number of amides is 2. The second kappa shape index (κ2) is 8.75. The summed E-state index contributed by atoms with van der Waals surface area (Å²) in [4.78, 5) is 25.4. The maximum absolute atomic E-state index is 14.0. The van der Waals surface area contributed by atoms with E-state index in [-0.39, 0.29) is 21.8 Å². The fraction of sp³-hybridized carbons (Fsp3) is 0.120. The number of fused-ring (bicyclic) bond motifs is 1. The monoisotopic (exact) mass is 480 g/mol. The molecule has 0 fully saturated rings. The zero-order valence-corrected chi connectivity index (χ0v) is 19.4. The second-order valence-corrected chi connectivity index (χ2v) is 9.93. The van der Waals surface area contributed by atoms with E-state index in [9.17, 15) is 22.4 Å². The lowest BCUT2D eigenvalue weighted by Crippen LogP contribution is -2.15. The minimum atomic E-state index is -3.44. The predicted octanol–water partition coefficient (Wildman–Crippen LogP) is 5.10. The van der Waals surface area contributed by atoms with Gasteiger partial charge in [-0.2, -0.15) is 0 Å². The highest BCUT2D eigenvalue weighted by atomic mass is 32.2. The number of carbonyl (C=O) groups excluding carboxylic acids is 2. The molecule has 0 saturated heterocycles. The van der Waals surface area contributed by atoms with Crippen LogP contribution in [0.5, 0.6) is 0 Å². The summed E-state index contributed by atoms with van der Waals surface area (Å²) >= 11 is 0. The molecule has 0 atom stereocenters. The van der Waals surface area contributed by atoms with E-state index in [1.807, 2.05) is 0 Å². The fourth-order valence-electron chi connectivity index (χ4n) is 3.56. The SMILES string of the molecule is Cc1cc(NC(=O)c2oc3c(F)cccc3c2C)ccc1NC(=O)c1cccc(S(C)(=O)=O)c1. The Morgan fingerprint density at radius 3 is 2.32 bits per heavy atom. The molecule has 1 heterocycles. The lowest BCUT2D eigenvalue weighted by Gasteiger charge is -2.11. The van der Waals surface area contributed by atoms with Gasteiger partial charge in [0, 0.05) is 34.1 Å². The number of nitrogens with one attached hydrogen (secondary N) is 2. The Hall–Kier alpha value is -3.98. The normalized spacial score (nSPS) is 11.4. The molecule has 3 aromatic carbocycles. The lowest BCUT2D eigenvalue weighted by molar-refractivity contribution is 0.0995. The Morgan fingerprint density at radius 2 is 1.65 bits per heavy atom. The van der Waals surface area contributed by atoms with E-state index in [1.54, 1.807) is 44.2 Å². The van der Waals surface area contributed by atoms with E-state index < -0.39 is 27.5 Å². The van der Waals surface area contributed by atoms with Crippen LogP contribution in [0.3, 0.4) is 0 Å². The summed E-state index contributed by atoms with van der Waals surface area (Å²) in [5.41, 5.74) is 2.38. The van der Waals surface area contributed by atoms with Crippen LogP contribution in [0.15, 0.2) is 70.0 Å². The molecule has 2 amide bonds. The first kappa shape index (κ1) is 23.2. The minimum Gasteiger partial charge on any atom is -0.448 e. The van der Waals surface area contributed by atoms with Crippen molar-refractivity contribution >= 4 is 44.0 Å². The van der Waals surface area contributed by atoms with Crippen molar-refractivity contribution in [1.82, 2.24) is 0 Å². The lowest BCUT2D eigenvalue weighted by atomic mass is 10.1. The van der Waals surface area contributed by atoms with Gasteiger partial charge in [0.2, 0.25) is 0 Å². The molecular weight excluding hydrogens is 459 g/mol. The molecule has 4 aromatic rings. The molecule has 0 aliphatic rings. The molecule has 2 N–H and O–H groups in total. The smallest absolute Gasteiger partial charge is 0.291 e. The highest BCUT2D eigenvalue weighted by Gasteiger charge is 2.20. The molecule has 0 saturated carbocycles. The van der Waals surface area contributed by atoms with Crippen molar-refractivity contribution in [1.29, 1.82) is 0 Å². The highest BCUT2D eigenvalue weighted by Crippen LogP contribution is 2.28. The number of hydrogen-bond acceptors (Lipinski definition) is 5. The van der Waals surface area contributed by atoms with Crippen LogP contribution in [-0.2, 0) is 9.84 Å². The van der Waals surface area contributed by atoms with Crippen molar-refractivity contribution in [3.8, 4) is 0 Å². The van der Waals surface area contributed by atoms with Gasteiger partial charge in [-0.05, 0) is 61.9 Å². The summed E-state index contributed by atoms with van der Waals surface area (Å²) in [7, 11) is -3.44. The molecule has 9 heteroatoms. The molecule has 7 nitrogen and oxygen atoms in total. The first-order chi connectivity index (χ1) is 16.0. The van der Waals surface area contributed by atoms with Gasteiger partial charge in [0.15, 0.2) is 27.0 Å². The summed E-state index contributed by atoms with van der Waals surface area (Å²) < 4.78 is 42.9. The van der Waals surface area contributed by atoms with Crippen LogP contribution < -0.4 is 10.6 Å². The molecule has 4 rings (SSSR count). The van der Waals surface area contributed by atoms with Gasteiger partial charge in [0.05, 0.1) is 4.90 Å². The summed E-state index contributed by atoms with van der Waals surface area (Å²) in [6.07, 6.45) is 1.07. The van der Waals surface area contributed by atoms with Gasteiger partial charge in [-0.15, -0.1) is 0 Å². The maximum atomic E-state index is 14.0. The standard InChI is InChI=1S/C25H21FN2O5S/c1-14-12-17(27-25(30)22-15(2)19-8-5-9-20(26)23(19)33-22)10-11-21(14)28-24(29)16-6-4-7-18(13-16)34(3,31)32/h4-13H,1-3H3,(H,27,30)(H,28,29). The fourth-order valence-corrected chi connectivity index (χ4v) is 4.22. The van der Waals surface area contributed by atoms with Gasteiger partial charge in [0.25, 0.3) is 11.8 Å². The number of halogens is 1. The van der Waals surface area contributed by atoms with E-state index in [2.05, 4.69) is 10.6 Å². The van der Waals surface area contributed by atoms with Crippen LogP contribution >= 0.6 is 0 Å². The number of aryl methyl sites for hydroxylation is 2. The Balaban J connectivity index is 1.52. The first-order valence-electron chi connectivity index (χ1n) is 10.3. The molecule has 1 aromatic heterocycles. The number of rotatable bonds is 5. The number of benzene rings is 3. The molecule has 0 bridgehead atoms. The molecular formula is C25H21FN2O5S. The number of hydrogen-bond donors (Lipinski definition) is 2. The Kier molecular flexibility index (Phi) is 5.97. The second-order valence-electron chi connectivity index (χ2n) is 7.91. The zero-order valence-electron chi connectivity index (χ0n) is 18.6. The summed E-state index contributed by atoms with van der Waals surface area (Å²) in [6.45, 7) is 3.43. The topological polar surface area (TPSA) is 105 Å². The van der Waals surface area contributed by atoms with Gasteiger partial charge in [-0.25, -0.2) is 12.8 Å². The quantitative estimate of drug-likeness (QED) is 0.414. The van der Waals surface area contributed by atoms with Gasteiger partial charge >= 0.3 is 0 Å². The van der Waals surface area contributed by atoms with E-state index in [4.69, 9.17) is 4.42 Å². The Morgan fingerprint density at radius 1 is 0.912 bits per heavy atom. The molecule has 34 heavy (non-hydrogen) atoms. The number of anilines is 2. The van der Waals surface area contributed by atoms with Crippen molar-refractivity contribution < 1.29 is 26.8 Å². The number of sulfone groups is 1. The average molecular weight is 481 g/mol. The summed E-state index contributed by atoms with van der Waals surface area (Å²) in [5.74, 6) is -1.52. The third-order valence-electron chi connectivity index (χ3n) is 5.38. The molecule has 0 aliphatic heterocycles. The van der Waals surface area contributed by atoms with Gasteiger partial charge in [-0.3, -0.25) is 9.59 Å². The van der Waals surface area contributed by atoms with Crippen molar-refractivity contribution in [2.75, 3.05) is 16.9 Å². The van der Waals surface area contributed by atoms with Crippen LogP contribution in [0.4, 0.5) is 15.8 Å². The third kappa shape index (κ3) is 4.55. The van der Waals surface area contributed by atoms with Crippen LogP contribution in [0.25, 0.3) is 11.0 Å². The summed E-state index contributed by atoms with van der Waals surface area (Å²) in [6, 6.07) is 15.1. The largest absolute Gasteiger partial charge is 0.448 e. The number of furan rings is 1. The average Bonchev–Trinajstić information content (AvgIpc) is 3.13. The Bertz CT molecular complexity index is 1560. The van der Waals surface area contributed by atoms with E-state index in [1.165, 1.54) is 30.3 Å². The number of carbonyl (C=O) groups is 2. The molecule has 0 radical (unpaired) electrons. The van der Waals surface area contributed by atoms with E-state index >= 15 is 0 Å². The first-order valence-corrected chi connectivity index (χ1v) is 12.1. The zero-order chi connectivity index (χ0) is 24.6. The highest BCUT2D eigenvalue weighted by molar-refractivity contribution is 7.90. The summed E-state index contributed by atoms with van der Waals surface area (Å²) in [5, 5.41) is 5.99. The number of para-hydroxylation sites is 1. The van der Waals surface area contributed by atoms with Crippen LogP contribution in [0.1, 0.15) is 32.0 Å². The van der Waals surface area contributed by atoms with Crippen LogP contribution in [0.2, 0.25) is 0 Å². The van der Waals surface area contributed by atoms with Crippen LogP contribution in [0, 0.1) is 19.7 Å². The van der Waals surface area contributed by atoms with Crippen molar-refractivity contribution in [3.63, 3.8) is 0 Å². The van der Waals surface area contributed by atoms with Gasteiger partial charge in [-0.1, -0.05) is 18.2 Å². The van der Waals surface area contributed by atoms with E-state index in [0.29, 0.717) is 27.9 Å². The third-order valence-corrected chi connectivity index (χ3v) is 6.49. The Labute approximate surface area is 195 Å². The van der Waals surface area contributed by atoms with Gasteiger partial charge < -0.3 is 15.1 Å². The van der Waals surface area contributed by atoms with Crippen molar-refractivity contribution in [3.05, 3.63) is 88.9 Å². The van der Waals surface area contributed by atoms with E-state index in [0.717, 1.165) is 6.26 Å². The molecule has 0 spiro atoms. The molecule has 174 valence electrons. The molecule has 0 aliphatic carbocycles. The molecule has 0 unspecified atom stereocenters. The van der Waals surface area contributed by atoms with Crippen molar-refractivity contribution in [2.45, 2.75) is 18.7 Å². The minimum absolute atomic E-state index is 0.0147. The van der Waals surface area contributed by atoms with Crippen LogP contribution in [-0.4, -0.2) is 26.5 Å².